The molecule has 2 heterocycles. The number of rotatable bonds is 8. The van der Waals surface area contributed by atoms with Gasteiger partial charge in [0.05, 0.1) is 17.6 Å². The van der Waals surface area contributed by atoms with Gasteiger partial charge in [-0.3, -0.25) is 9.69 Å². The zero-order valence-corrected chi connectivity index (χ0v) is 21.7. The smallest absolute Gasteiger partial charge is 0.252 e. The lowest BCUT2D eigenvalue weighted by molar-refractivity contribution is 0.123. The lowest BCUT2D eigenvalue weighted by Gasteiger charge is -2.34. The van der Waals surface area contributed by atoms with Crippen LogP contribution in [0.5, 0.6) is 0 Å². The predicted molar refractivity (Wildman–Crippen MR) is 143 cm³/mol. The number of nitrogens with zero attached hydrogens (tertiary/aromatic N) is 5. The second-order valence-corrected chi connectivity index (χ2v) is 10.7. The Morgan fingerprint density at radius 2 is 1.81 bits per heavy atom. The number of nitrogens with one attached hydrogen (secondary N) is 1. The monoisotopic (exact) mass is 484 g/mol. The van der Waals surface area contributed by atoms with E-state index in [1.54, 1.807) is 0 Å². The summed E-state index contributed by atoms with van der Waals surface area (Å²) in [4.78, 5) is 18.8. The van der Waals surface area contributed by atoms with E-state index in [1.165, 1.54) is 24.0 Å². The summed E-state index contributed by atoms with van der Waals surface area (Å²) in [6, 6.07) is 17.1. The van der Waals surface area contributed by atoms with E-state index >= 15 is 0 Å². The molecule has 0 aliphatic heterocycles. The third-order valence-electron chi connectivity index (χ3n) is 7.45. The SMILES string of the molecule is Cc1cc(C)c2[nH]c(=O)c(CN(Cc3ccccc3)C(c3nnnn3C3CCCC3)C(C)C)cc2c1. The highest BCUT2D eigenvalue weighted by Gasteiger charge is 2.32. The number of aromatic nitrogens is 5. The van der Waals surface area contributed by atoms with E-state index in [2.05, 4.69) is 93.3 Å². The molecule has 1 aliphatic carbocycles. The third kappa shape index (κ3) is 4.98. The molecule has 36 heavy (non-hydrogen) atoms. The fourth-order valence-electron chi connectivity index (χ4n) is 5.83. The molecule has 0 spiro atoms. The van der Waals surface area contributed by atoms with Gasteiger partial charge in [0.15, 0.2) is 5.82 Å². The maximum absolute atomic E-state index is 13.3. The van der Waals surface area contributed by atoms with Crippen LogP contribution in [0.1, 0.15) is 79.7 Å². The van der Waals surface area contributed by atoms with E-state index < -0.39 is 0 Å². The van der Waals surface area contributed by atoms with Crippen molar-refractivity contribution in [2.75, 3.05) is 0 Å². The Morgan fingerprint density at radius 3 is 2.53 bits per heavy atom. The molecular weight excluding hydrogens is 448 g/mol. The van der Waals surface area contributed by atoms with E-state index in [4.69, 9.17) is 0 Å². The normalized spacial score (nSPS) is 15.4. The Labute approximate surface area is 212 Å². The van der Waals surface area contributed by atoms with Crippen molar-refractivity contribution < 1.29 is 0 Å². The topological polar surface area (TPSA) is 79.7 Å². The molecule has 5 rings (SSSR count). The minimum atomic E-state index is -0.0367. The summed E-state index contributed by atoms with van der Waals surface area (Å²) < 4.78 is 2.06. The minimum Gasteiger partial charge on any atom is -0.321 e. The van der Waals surface area contributed by atoms with Crippen molar-refractivity contribution in [3.8, 4) is 0 Å². The van der Waals surface area contributed by atoms with Crippen LogP contribution in [0.3, 0.4) is 0 Å². The second kappa shape index (κ2) is 10.3. The number of pyridine rings is 1. The van der Waals surface area contributed by atoms with E-state index in [-0.39, 0.29) is 17.5 Å². The zero-order valence-electron chi connectivity index (χ0n) is 21.7. The number of H-pyrrole nitrogens is 1. The van der Waals surface area contributed by atoms with Gasteiger partial charge < -0.3 is 4.98 Å². The van der Waals surface area contributed by atoms with Crippen LogP contribution >= 0.6 is 0 Å². The summed E-state index contributed by atoms with van der Waals surface area (Å²) in [5, 5.41) is 14.2. The van der Waals surface area contributed by atoms with Gasteiger partial charge in [0.25, 0.3) is 5.56 Å². The molecule has 0 amide bonds. The molecule has 1 unspecified atom stereocenters. The summed E-state index contributed by atoms with van der Waals surface area (Å²) >= 11 is 0. The first-order chi connectivity index (χ1) is 17.4. The molecule has 0 bridgehead atoms. The molecule has 7 heteroatoms. The maximum Gasteiger partial charge on any atom is 0.252 e. The fourth-order valence-corrected chi connectivity index (χ4v) is 5.83. The van der Waals surface area contributed by atoms with E-state index in [0.717, 1.165) is 40.7 Å². The molecule has 188 valence electrons. The van der Waals surface area contributed by atoms with Gasteiger partial charge in [-0.2, -0.15) is 0 Å². The zero-order chi connectivity index (χ0) is 25.2. The molecule has 1 aliphatic rings. The highest BCUT2D eigenvalue weighted by atomic mass is 16.1. The van der Waals surface area contributed by atoms with Crippen LogP contribution in [0.15, 0.2) is 53.3 Å². The van der Waals surface area contributed by atoms with Crippen molar-refractivity contribution in [1.82, 2.24) is 30.1 Å². The Balaban J connectivity index is 1.57. The second-order valence-electron chi connectivity index (χ2n) is 10.7. The summed E-state index contributed by atoms with van der Waals surface area (Å²) in [5.74, 6) is 1.15. The van der Waals surface area contributed by atoms with Gasteiger partial charge in [0, 0.05) is 18.7 Å². The van der Waals surface area contributed by atoms with Crippen molar-refractivity contribution in [2.45, 2.75) is 78.6 Å². The third-order valence-corrected chi connectivity index (χ3v) is 7.45. The van der Waals surface area contributed by atoms with E-state index in [9.17, 15) is 4.79 Å². The van der Waals surface area contributed by atoms with E-state index in [1.807, 2.05) is 13.0 Å². The van der Waals surface area contributed by atoms with Crippen LogP contribution < -0.4 is 5.56 Å². The first-order valence-electron chi connectivity index (χ1n) is 13.1. The summed E-state index contributed by atoms with van der Waals surface area (Å²) in [5.41, 5.74) is 5.11. The quantitative estimate of drug-likeness (QED) is 0.350. The number of aromatic amines is 1. The van der Waals surface area contributed by atoms with Gasteiger partial charge in [-0.15, -0.1) is 5.10 Å². The largest absolute Gasteiger partial charge is 0.321 e. The first-order valence-corrected chi connectivity index (χ1v) is 13.1. The molecule has 1 fully saturated rings. The summed E-state index contributed by atoms with van der Waals surface area (Å²) in [6.07, 6.45) is 4.67. The van der Waals surface area contributed by atoms with Crippen LogP contribution in [-0.4, -0.2) is 30.1 Å². The van der Waals surface area contributed by atoms with Crippen LogP contribution in [-0.2, 0) is 13.1 Å². The number of hydrogen-bond acceptors (Lipinski definition) is 5. The Hall–Kier alpha value is -3.32. The average Bonchev–Trinajstić information content (AvgIpc) is 3.53. The van der Waals surface area contributed by atoms with Crippen LogP contribution in [0.25, 0.3) is 10.9 Å². The van der Waals surface area contributed by atoms with Gasteiger partial charge in [-0.1, -0.05) is 68.7 Å². The van der Waals surface area contributed by atoms with Crippen molar-refractivity contribution in [3.63, 3.8) is 0 Å². The number of tetrazole rings is 1. The molecule has 7 nitrogen and oxygen atoms in total. The number of benzene rings is 2. The van der Waals surface area contributed by atoms with Crippen LogP contribution in [0.4, 0.5) is 0 Å². The highest BCUT2D eigenvalue weighted by molar-refractivity contribution is 5.82. The van der Waals surface area contributed by atoms with Crippen molar-refractivity contribution in [2.24, 2.45) is 5.92 Å². The van der Waals surface area contributed by atoms with Crippen molar-refractivity contribution in [1.29, 1.82) is 0 Å². The predicted octanol–water partition coefficient (Wildman–Crippen LogP) is 5.65. The van der Waals surface area contributed by atoms with Crippen molar-refractivity contribution >= 4 is 10.9 Å². The summed E-state index contributed by atoms with van der Waals surface area (Å²) in [7, 11) is 0. The molecule has 1 N–H and O–H groups in total. The molecule has 0 saturated heterocycles. The summed E-state index contributed by atoms with van der Waals surface area (Å²) in [6.45, 7) is 9.78. The lowest BCUT2D eigenvalue weighted by Crippen LogP contribution is -2.35. The standard InChI is InChI=1S/C29H36N6O/c1-19(2)27(28-31-32-33-35(28)25-12-8-9-13-25)34(17-22-10-6-5-7-11-22)18-24-16-23-15-20(3)14-21(4)26(23)30-29(24)36/h5-7,10-11,14-16,19,25,27H,8-9,12-13,17-18H2,1-4H3,(H,30,36). The Bertz CT molecular complexity index is 1380. The Morgan fingerprint density at radius 1 is 1.06 bits per heavy atom. The van der Waals surface area contributed by atoms with Gasteiger partial charge in [-0.05, 0) is 71.7 Å². The van der Waals surface area contributed by atoms with Gasteiger partial charge in [-0.25, -0.2) is 4.68 Å². The van der Waals surface area contributed by atoms with Gasteiger partial charge >= 0.3 is 0 Å². The number of hydrogen-bond donors (Lipinski definition) is 1. The van der Waals surface area contributed by atoms with Gasteiger partial charge in [0.2, 0.25) is 0 Å². The minimum absolute atomic E-state index is 0.0323. The maximum atomic E-state index is 13.3. The molecule has 4 aromatic rings. The number of fused-ring (bicyclic) bond motifs is 1. The molecule has 1 atom stereocenters. The molecule has 0 radical (unpaired) electrons. The molecular formula is C29H36N6O. The number of aryl methyl sites for hydroxylation is 2. The highest BCUT2D eigenvalue weighted by Crippen LogP contribution is 2.35. The van der Waals surface area contributed by atoms with E-state index in [0.29, 0.717) is 19.1 Å². The van der Waals surface area contributed by atoms with Gasteiger partial charge in [0.1, 0.15) is 0 Å². The average molecular weight is 485 g/mol. The fraction of sp³-hybridized carbons (Fsp3) is 0.448. The molecule has 2 aromatic carbocycles. The van der Waals surface area contributed by atoms with Crippen LogP contribution in [0, 0.1) is 19.8 Å². The lowest BCUT2D eigenvalue weighted by atomic mass is 9.98. The van der Waals surface area contributed by atoms with Crippen LogP contribution in [0.2, 0.25) is 0 Å². The molecule has 2 aromatic heterocycles. The first kappa shape index (κ1) is 24.4. The molecule has 1 saturated carbocycles. The Kier molecular flexibility index (Phi) is 7.01. The van der Waals surface area contributed by atoms with Crippen molar-refractivity contribution in [3.05, 3.63) is 87.0 Å².